The molecule has 1 atom stereocenters. The van der Waals surface area contributed by atoms with Crippen molar-refractivity contribution >= 4 is 5.91 Å². The van der Waals surface area contributed by atoms with E-state index in [0.717, 1.165) is 12.8 Å². The molecule has 0 radical (unpaired) electrons. The second-order valence-electron chi connectivity index (χ2n) is 6.64. The molecule has 0 aliphatic carbocycles. The third kappa shape index (κ3) is 3.58. The van der Waals surface area contributed by atoms with Crippen LogP contribution < -0.4 is 4.74 Å². The molecule has 0 bridgehead atoms. The van der Waals surface area contributed by atoms with Crippen LogP contribution in [0.25, 0.3) is 0 Å². The summed E-state index contributed by atoms with van der Waals surface area (Å²) in [6, 6.07) is 5.44. The number of rotatable bonds is 4. The number of aromatic nitrogens is 3. The van der Waals surface area contributed by atoms with Crippen LogP contribution >= 0.6 is 0 Å². The number of likely N-dealkylation sites (tertiary alicyclic amines) is 1. The first kappa shape index (κ1) is 18.1. The maximum absolute atomic E-state index is 13.0. The van der Waals surface area contributed by atoms with Gasteiger partial charge in [-0.25, -0.2) is 14.4 Å². The van der Waals surface area contributed by atoms with Gasteiger partial charge >= 0.3 is 0 Å². The normalized spacial score (nSPS) is 16.4. The molecule has 0 N–H and O–H groups in total. The van der Waals surface area contributed by atoms with E-state index in [1.807, 2.05) is 0 Å². The zero-order valence-corrected chi connectivity index (χ0v) is 15.6. The highest BCUT2D eigenvalue weighted by Gasteiger charge is 2.34. The van der Waals surface area contributed by atoms with E-state index in [4.69, 9.17) is 9.15 Å². The van der Waals surface area contributed by atoms with Gasteiger partial charge in [-0.2, -0.15) is 0 Å². The van der Waals surface area contributed by atoms with Crippen LogP contribution in [0.4, 0.5) is 4.39 Å². The molecule has 1 saturated heterocycles. The van der Waals surface area contributed by atoms with Crippen molar-refractivity contribution in [1.29, 1.82) is 0 Å². The van der Waals surface area contributed by atoms with Crippen LogP contribution in [0.1, 0.15) is 46.7 Å². The highest BCUT2D eigenvalue weighted by molar-refractivity contribution is 5.93. The van der Waals surface area contributed by atoms with E-state index in [2.05, 4.69) is 15.0 Å². The Balaban J connectivity index is 1.56. The first-order valence-corrected chi connectivity index (χ1v) is 9.01. The maximum atomic E-state index is 13.0. The lowest BCUT2D eigenvalue weighted by Crippen LogP contribution is -2.31. The minimum Gasteiger partial charge on any atom is -0.437 e. The van der Waals surface area contributed by atoms with E-state index < -0.39 is 0 Å². The number of hydrogen-bond donors (Lipinski definition) is 0. The van der Waals surface area contributed by atoms with Gasteiger partial charge in [0.25, 0.3) is 5.91 Å². The molecule has 3 aromatic rings. The second kappa shape index (κ2) is 7.38. The van der Waals surface area contributed by atoms with Crippen LogP contribution in [0.5, 0.6) is 11.6 Å². The van der Waals surface area contributed by atoms with Crippen molar-refractivity contribution in [1.82, 2.24) is 19.9 Å². The van der Waals surface area contributed by atoms with Crippen LogP contribution in [0, 0.1) is 19.7 Å². The summed E-state index contributed by atoms with van der Waals surface area (Å²) in [5, 5.41) is 0. The van der Waals surface area contributed by atoms with Gasteiger partial charge in [0.15, 0.2) is 5.89 Å². The van der Waals surface area contributed by atoms with E-state index in [-0.39, 0.29) is 29.4 Å². The molecular formula is C20H19FN4O3. The van der Waals surface area contributed by atoms with E-state index in [1.165, 1.54) is 30.5 Å². The lowest BCUT2D eigenvalue weighted by atomic mass is 10.1. The summed E-state index contributed by atoms with van der Waals surface area (Å²) in [6.07, 6.45) is 4.74. The van der Waals surface area contributed by atoms with Crippen molar-refractivity contribution < 1.29 is 18.3 Å². The molecule has 1 aliphatic rings. The van der Waals surface area contributed by atoms with Crippen molar-refractivity contribution in [2.24, 2.45) is 0 Å². The Labute approximate surface area is 161 Å². The number of halogens is 1. The third-order valence-corrected chi connectivity index (χ3v) is 4.62. The Morgan fingerprint density at radius 3 is 2.71 bits per heavy atom. The Bertz CT molecular complexity index is 1000. The van der Waals surface area contributed by atoms with E-state index in [1.54, 1.807) is 24.9 Å². The highest BCUT2D eigenvalue weighted by Crippen LogP contribution is 2.33. The lowest BCUT2D eigenvalue weighted by molar-refractivity contribution is 0.0697. The Morgan fingerprint density at radius 2 is 2.00 bits per heavy atom. The predicted octanol–water partition coefficient (Wildman–Crippen LogP) is 3.99. The standard InChI is InChI=1S/C20H19FN4O3/c1-12-19(27-13(2)23-12)20(26)25-9-3-4-17(25)16-10-22-11-18(24-16)28-15-7-5-14(21)6-8-15/h5-8,10-11,17H,3-4,9H2,1-2H3/t17-/m1/s1. The molecule has 0 saturated carbocycles. The lowest BCUT2D eigenvalue weighted by Gasteiger charge is -2.23. The zero-order valence-electron chi connectivity index (χ0n) is 15.6. The third-order valence-electron chi connectivity index (χ3n) is 4.62. The monoisotopic (exact) mass is 382 g/mol. The number of benzene rings is 1. The summed E-state index contributed by atoms with van der Waals surface area (Å²) in [5.41, 5.74) is 1.21. The summed E-state index contributed by atoms with van der Waals surface area (Å²) in [7, 11) is 0. The van der Waals surface area contributed by atoms with Crippen molar-refractivity contribution in [3.05, 3.63) is 65.5 Å². The van der Waals surface area contributed by atoms with Crippen molar-refractivity contribution in [2.45, 2.75) is 32.7 Å². The van der Waals surface area contributed by atoms with Gasteiger partial charge in [-0.05, 0) is 44.0 Å². The number of carbonyl (C=O) groups excluding carboxylic acids is 1. The minimum absolute atomic E-state index is 0.202. The highest BCUT2D eigenvalue weighted by atomic mass is 19.1. The number of aryl methyl sites for hydroxylation is 2. The summed E-state index contributed by atoms with van der Waals surface area (Å²) >= 11 is 0. The van der Waals surface area contributed by atoms with E-state index in [0.29, 0.717) is 29.6 Å². The molecule has 1 aromatic carbocycles. The predicted molar refractivity (Wildman–Crippen MR) is 97.5 cm³/mol. The molecule has 2 aromatic heterocycles. The van der Waals surface area contributed by atoms with Crippen LogP contribution in [0.15, 0.2) is 41.1 Å². The van der Waals surface area contributed by atoms with Crippen LogP contribution in [-0.2, 0) is 0 Å². The maximum Gasteiger partial charge on any atom is 0.292 e. The van der Waals surface area contributed by atoms with E-state index >= 15 is 0 Å². The molecule has 144 valence electrons. The van der Waals surface area contributed by atoms with Crippen molar-refractivity contribution in [3.63, 3.8) is 0 Å². The fourth-order valence-corrected chi connectivity index (χ4v) is 3.37. The molecule has 1 fully saturated rings. The smallest absolute Gasteiger partial charge is 0.292 e. The first-order valence-electron chi connectivity index (χ1n) is 9.01. The number of amides is 1. The number of hydrogen-bond acceptors (Lipinski definition) is 6. The van der Waals surface area contributed by atoms with Gasteiger partial charge in [0.2, 0.25) is 11.6 Å². The summed E-state index contributed by atoms with van der Waals surface area (Å²) in [4.78, 5) is 27.6. The van der Waals surface area contributed by atoms with Crippen molar-refractivity contribution in [2.75, 3.05) is 6.54 Å². The molecule has 7 nitrogen and oxygen atoms in total. The van der Waals surface area contributed by atoms with Gasteiger partial charge in [0.05, 0.1) is 29.8 Å². The summed E-state index contributed by atoms with van der Waals surface area (Å²) < 4.78 is 24.2. The number of nitrogens with zero attached hydrogens (tertiary/aromatic N) is 4. The number of carbonyl (C=O) groups is 1. The Hall–Kier alpha value is -3.29. The molecule has 8 heteroatoms. The molecule has 28 heavy (non-hydrogen) atoms. The molecule has 3 heterocycles. The second-order valence-corrected chi connectivity index (χ2v) is 6.64. The van der Waals surface area contributed by atoms with Gasteiger partial charge in [0.1, 0.15) is 11.6 Å². The van der Waals surface area contributed by atoms with Crippen LogP contribution in [0.2, 0.25) is 0 Å². The topological polar surface area (TPSA) is 81.4 Å². The zero-order chi connectivity index (χ0) is 19.7. The van der Waals surface area contributed by atoms with Gasteiger partial charge in [0, 0.05) is 13.5 Å². The molecule has 1 amide bonds. The largest absolute Gasteiger partial charge is 0.437 e. The van der Waals surface area contributed by atoms with Gasteiger partial charge < -0.3 is 14.1 Å². The SMILES string of the molecule is Cc1nc(C)c(C(=O)N2CCC[C@@H]2c2cncc(Oc3ccc(F)cc3)n2)o1. The molecule has 4 rings (SSSR count). The Kier molecular flexibility index (Phi) is 4.77. The summed E-state index contributed by atoms with van der Waals surface area (Å²) in [6.45, 7) is 4.08. The van der Waals surface area contributed by atoms with Gasteiger partial charge in [-0.1, -0.05) is 0 Å². The Morgan fingerprint density at radius 1 is 1.21 bits per heavy atom. The summed E-state index contributed by atoms with van der Waals surface area (Å²) in [5.74, 6) is 0.926. The average molecular weight is 382 g/mol. The fraction of sp³-hybridized carbons (Fsp3) is 0.300. The van der Waals surface area contributed by atoms with Gasteiger partial charge in [-0.15, -0.1) is 0 Å². The number of ether oxygens (including phenoxy) is 1. The molecule has 0 unspecified atom stereocenters. The molecular weight excluding hydrogens is 363 g/mol. The first-order chi connectivity index (χ1) is 13.5. The van der Waals surface area contributed by atoms with Crippen molar-refractivity contribution in [3.8, 4) is 11.6 Å². The van der Waals surface area contributed by atoms with Gasteiger partial charge in [-0.3, -0.25) is 9.78 Å². The minimum atomic E-state index is -0.342. The van der Waals surface area contributed by atoms with Crippen LogP contribution in [0.3, 0.4) is 0 Å². The molecule has 0 spiro atoms. The van der Waals surface area contributed by atoms with Crippen LogP contribution in [-0.4, -0.2) is 32.3 Å². The quantitative estimate of drug-likeness (QED) is 0.679. The molecule has 1 aliphatic heterocycles. The average Bonchev–Trinajstić information content (AvgIpc) is 3.30. The van der Waals surface area contributed by atoms with E-state index in [9.17, 15) is 9.18 Å². The number of oxazole rings is 1. The fourth-order valence-electron chi connectivity index (χ4n) is 3.37.